The fourth-order valence-corrected chi connectivity index (χ4v) is 4.04. The Bertz CT molecular complexity index is 1000. The molecule has 0 bridgehead atoms. The molecule has 148 valence electrons. The molecule has 0 aromatic heterocycles. The van der Waals surface area contributed by atoms with E-state index in [1.165, 1.54) is 10.4 Å². The summed E-state index contributed by atoms with van der Waals surface area (Å²) in [5.41, 5.74) is 3.42. The number of hydrogen-bond donors (Lipinski definition) is 1. The van der Waals surface area contributed by atoms with Crippen molar-refractivity contribution in [3.63, 3.8) is 0 Å². The number of nitrogens with one attached hydrogen (secondary N) is 1. The first-order valence-corrected chi connectivity index (χ1v) is 10.8. The summed E-state index contributed by atoms with van der Waals surface area (Å²) < 4.78 is 29.9. The molecular formula is C20H22N2O5S. The van der Waals surface area contributed by atoms with Gasteiger partial charge >= 0.3 is 5.97 Å². The van der Waals surface area contributed by atoms with E-state index in [0.717, 1.165) is 23.8 Å². The van der Waals surface area contributed by atoms with Gasteiger partial charge in [0, 0.05) is 12.2 Å². The van der Waals surface area contributed by atoms with Gasteiger partial charge < -0.3 is 10.1 Å². The molecule has 8 heteroatoms. The third kappa shape index (κ3) is 4.51. The van der Waals surface area contributed by atoms with Crippen molar-refractivity contribution >= 4 is 33.3 Å². The number of esters is 1. The smallest absolute Gasteiger partial charge is 0.338 e. The quantitative estimate of drug-likeness (QED) is 0.749. The Kier molecular flexibility index (Phi) is 5.69. The molecule has 1 amide bonds. The highest BCUT2D eigenvalue weighted by Crippen LogP contribution is 2.30. The molecule has 0 aliphatic carbocycles. The molecule has 2 aromatic rings. The van der Waals surface area contributed by atoms with Crippen LogP contribution in [0.5, 0.6) is 0 Å². The van der Waals surface area contributed by atoms with E-state index in [9.17, 15) is 18.0 Å². The van der Waals surface area contributed by atoms with E-state index < -0.39 is 28.5 Å². The summed E-state index contributed by atoms with van der Waals surface area (Å²) in [4.78, 5) is 24.2. The molecule has 0 unspecified atom stereocenters. The normalized spacial score (nSPS) is 13.1. The van der Waals surface area contributed by atoms with Crippen molar-refractivity contribution in [3.8, 4) is 0 Å². The standard InChI is InChI=1S/C20H22N2O5S/c1-3-14-4-7-17(8-5-14)21-19(23)13-27-20(24)16-6-9-18-15(12-16)10-11-22(18)28(2,25)26/h4-9,12H,3,10-11,13H2,1-2H3,(H,21,23). The maximum Gasteiger partial charge on any atom is 0.338 e. The molecule has 0 saturated carbocycles. The maximum atomic E-state index is 12.2. The molecule has 1 aliphatic rings. The first-order valence-electron chi connectivity index (χ1n) is 8.94. The third-order valence-corrected chi connectivity index (χ3v) is 5.73. The lowest BCUT2D eigenvalue weighted by atomic mass is 10.1. The molecule has 1 heterocycles. The van der Waals surface area contributed by atoms with Crippen LogP contribution in [-0.2, 0) is 32.4 Å². The summed E-state index contributed by atoms with van der Waals surface area (Å²) in [7, 11) is -3.34. The molecule has 2 aromatic carbocycles. The molecule has 28 heavy (non-hydrogen) atoms. The number of amides is 1. The van der Waals surface area contributed by atoms with Crippen molar-refractivity contribution in [1.82, 2.24) is 0 Å². The summed E-state index contributed by atoms with van der Waals surface area (Å²) in [6.07, 6.45) is 2.59. The first kappa shape index (κ1) is 19.9. The number of sulfonamides is 1. The van der Waals surface area contributed by atoms with Crippen LogP contribution in [-0.4, -0.2) is 39.7 Å². The van der Waals surface area contributed by atoms with Crippen molar-refractivity contribution in [1.29, 1.82) is 0 Å². The fourth-order valence-electron chi connectivity index (χ4n) is 3.08. The summed E-state index contributed by atoms with van der Waals surface area (Å²) >= 11 is 0. The zero-order valence-electron chi connectivity index (χ0n) is 15.8. The zero-order valence-corrected chi connectivity index (χ0v) is 16.6. The molecule has 3 rings (SSSR count). The average molecular weight is 402 g/mol. The van der Waals surface area contributed by atoms with Crippen LogP contribution in [0.1, 0.15) is 28.4 Å². The second kappa shape index (κ2) is 8.02. The van der Waals surface area contributed by atoms with Crippen molar-refractivity contribution in [2.24, 2.45) is 0 Å². The largest absolute Gasteiger partial charge is 0.452 e. The summed E-state index contributed by atoms with van der Waals surface area (Å²) in [6.45, 7) is 2.00. The van der Waals surface area contributed by atoms with Crippen LogP contribution in [0.15, 0.2) is 42.5 Å². The number of nitrogens with zero attached hydrogens (tertiary/aromatic N) is 1. The van der Waals surface area contributed by atoms with Crippen molar-refractivity contribution in [2.75, 3.05) is 29.0 Å². The third-order valence-electron chi connectivity index (χ3n) is 4.55. The minimum absolute atomic E-state index is 0.286. The van der Waals surface area contributed by atoms with Crippen LogP contribution < -0.4 is 9.62 Å². The van der Waals surface area contributed by atoms with E-state index in [2.05, 4.69) is 5.32 Å². The number of benzene rings is 2. The van der Waals surface area contributed by atoms with Gasteiger partial charge in [-0.25, -0.2) is 13.2 Å². The Balaban J connectivity index is 1.58. The molecular weight excluding hydrogens is 380 g/mol. The van der Waals surface area contributed by atoms with Crippen molar-refractivity contribution in [2.45, 2.75) is 19.8 Å². The van der Waals surface area contributed by atoms with Gasteiger partial charge in [-0.05, 0) is 54.3 Å². The van der Waals surface area contributed by atoms with Gasteiger partial charge in [0.1, 0.15) is 0 Å². The highest BCUT2D eigenvalue weighted by molar-refractivity contribution is 7.92. The van der Waals surface area contributed by atoms with Gasteiger partial charge in [0.2, 0.25) is 10.0 Å². The SMILES string of the molecule is CCc1ccc(NC(=O)COC(=O)c2ccc3c(c2)CCN3S(C)(=O)=O)cc1. The molecule has 0 spiro atoms. The van der Waals surface area contributed by atoms with Crippen LogP contribution in [0.3, 0.4) is 0 Å². The Morgan fingerprint density at radius 2 is 1.86 bits per heavy atom. The predicted octanol–water partition coefficient (Wildman–Crippen LogP) is 2.37. The van der Waals surface area contributed by atoms with Crippen LogP contribution in [0.2, 0.25) is 0 Å². The molecule has 1 aliphatic heterocycles. The molecule has 0 atom stereocenters. The van der Waals surface area contributed by atoms with Crippen molar-refractivity contribution in [3.05, 3.63) is 59.2 Å². The monoisotopic (exact) mass is 402 g/mol. The molecule has 0 radical (unpaired) electrons. The number of carbonyl (C=O) groups is 2. The van der Waals surface area contributed by atoms with E-state index in [1.807, 2.05) is 19.1 Å². The van der Waals surface area contributed by atoms with Gasteiger partial charge in [-0.1, -0.05) is 19.1 Å². The highest BCUT2D eigenvalue weighted by atomic mass is 32.2. The molecule has 0 saturated heterocycles. The minimum Gasteiger partial charge on any atom is -0.452 e. The van der Waals surface area contributed by atoms with Crippen molar-refractivity contribution < 1.29 is 22.7 Å². The predicted molar refractivity (Wildman–Crippen MR) is 107 cm³/mol. The lowest BCUT2D eigenvalue weighted by molar-refractivity contribution is -0.119. The summed E-state index contributed by atoms with van der Waals surface area (Å²) in [5, 5.41) is 2.67. The Morgan fingerprint density at radius 3 is 2.50 bits per heavy atom. The van der Waals surface area contributed by atoms with E-state index in [4.69, 9.17) is 4.74 Å². The molecule has 7 nitrogen and oxygen atoms in total. The number of carbonyl (C=O) groups excluding carboxylic acids is 2. The average Bonchev–Trinajstić information content (AvgIpc) is 3.10. The van der Waals surface area contributed by atoms with Crippen LogP contribution in [0.25, 0.3) is 0 Å². The second-order valence-electron chi connectivity index (χ2n) is 6.60. The maximum absolute atomic E-state index is 12.2. The highest BCUT2D eigenvalue weighted by Gasteiger charge is 2.27. The topological polar surface area (TPSA) is 92.8 Å². The second-order valence-corrected chi connectivity index (χ2v) is 8.51. The minimum atomic E-state index is -3.34. The van der Waals surface area contributed by atoms with Gasteiger partial charge in [0.25, 0.3) is 5.91 Å². The lowest BCUT2D eigenvalue weighted by Gasteiger charge is -2.16. The Hall–Kier alpha value is -2.87. The van der Waals surface area contributed by atoms with Gasteiger partial charge in [0.15, 0.2) is 6.61 Å². The molecule has 1 N–H and O–H groups in total. The lowest BCUT2D eigenvalue weighted by Crippen LogP contribution is -2.27. The number of ether oxygens (including phenoxy) is 1. The number of anilines is 2. The van der Waals surface area contributed by atoms with Gasteiger partial charge in [0.05, 0.1) is 17.5 Å². The van der Waals surface area contributed by atoms with Crippen LogP contribution >= 0.6 is 0 Å². The number of rotatable bonds is 6. The summed E-state index contributed by atoms with van der Waals surface area (Å²) in [6, 6.07) is 12.2. The Morgan fingerprint density at radius 1 is 1.14 bits per heavy atom. The zero-order chi connectivity index (χ0) is 20.3. The number of fused-ring (bicyclic) bond motifs is 1. The number of hydrogen-bond acceptors (Lipinski definition) is 5. The van der Waals surface area contributed by atoms with E-state index in [-0.39, 0.29) is 5.56 Å². The van der Waals surface area contributed by atoms with E-state index >= 15 is 0 Å². The molecule has 0 fully saturated rings. The Labute approximate surface area is 164 Å². The van der Waals surface area contributed by atoms with Gasteiger partial charge in [-0.3, -0.25) is 9.10 Å². The van der Waals surface area contributed by atoms with E-state index in [0.29, 0.717) is 24.3 Å². The van der Waals surface area contributed by atoms with Gasteiger partial charge in [-0.15, -0.1) is 0 Å². The fraction of sp³-hybridized carbons (Fsp3) is 0.300. The van der Waals surface area contributed by atoms with Crippen LogP contribution in [0.4, 0.5) is 11.4 Å². The number of aryl methyl sites for hydroxylation is 1. The van der Waals surface area contributed by atoms with E-state index in [1.54, 1.807) is 24.3 Å². The van der Waals surface area contributed by atoms with Crippen LogP contribution in [0, 0.1) is 0 Å². The first-order chi connectivity index (χ1) is 13.3. The summed E-state index contributed by atoms with van der Waals surface area (Å²) in [5.74, 6) is -1.06. The van der Waals surface area contributed by atoms with Gasteiger partial charge in [-0.2, -0.15) is 0 Å².